The van der Waals surface area contributed by atoms with E-state index in [9.17, 15) is 27.9 Å². The fraction of sp³-hybridized carbons (Fsp3) is 0.857. The van der Waals surface area contributed by atoms with Crippen LogP contribution in [-0.4, -0.2) is 51.9 Å². The van der Waals surface area contributed by atoms with Gasteiger partial charge in [0.05, 0.1) is 12.0 Å². The Bertz CT molecular complexity index is 414. The summed E-state index contributed by atoms with van der Waals surface area (Å²) in [6.45, 7) is 9.40. The molecule has 2 N–H and O–H groups in total. The third kappa shape index (κ3) is 9.39. The van der Waals surface area contributed by atoms with Crippen LogP contribution in [0.4, 0.5) is 13.2 Å². The number of aliphatic hydroxyl groups excluding tert-OH is 1. The van der Waals surface area contributed by atoms with Crippen molar-refractivity contribution in [2.45, 2.75) is 77.4 Å². The van der Waals surface area contributed by atoms with Gasteiger partial charge in [-0.15, -0.1) is 0 Å². The first-order chi connectivity index (χ1) is 10.1. The second kappa shape index (κ2) is 7.48. The van der Waals surface area contributed by atoms with Gasteiger partial charge in [-0.1, -0.05) is 0 Å². The highest BCUT2D eigenvalue weighted by molar-refractivity contribution is 5.82. The maximum atomic E-state index is 12.8. The predicted octanol–water partition coefficient (Wildman–Crippen LogP) is 1.77. The number of rotatable bonds is 6. The highest BCUT2D eigenvalue weighted by atomic mass is 19.4. The van der Waals surface area contributed by atoms with Crippen LogP contribution in [0.1, 0.15) is 48.0 Å². The third-order valence-corrected chi connectivity index (χ3v) is 2.38. The molecule has 0 radical (unpaired) electrons. The summed E-state index contributed by atoms with van der Waals surface area (Å²) in [7, 11) is 0. The number of alkyl halides is 3. The van der Waals surface area contributed by atoms with Gasteiger partial charge in [0.2, 0.25) is 6.41 Å². The quantitative estimate of drug-likeness (QED) is 0.570. The second-order valence-corrected chi connectivity index (χ2v) is 7.24. The average molecular weight is 342 g/mol. The minimum absolute atomic E-state index is 0.0231. The molecule has 0 aliphatic heterocycles. The first-order valence-corrected chi connectivity index (χ1v) is 7.05. The molecule has 0 aromatic carbocycles. The Morgan fingerprint density at radius 3 is 2.00 bits per heavy atom. The highest BCUT2D eigenvalue weighted by Gasteiger charge is 2.43. The summed E-state index contributed by atoms with van der Waals surface area (Å²) >= 11 is 0. The molecule has 23 heavy (non-hydrogen) atoms. The summed E-state index contributed by atoms with van der Waals surface area (Å²) in [6, 6.07) is -1.89. The average Bonchev–Trinajstić information content (AvgIpc) is 2.27. The van der Waals surface area contributed by atoms with Crippen molar-refractivity contribution in [2.24, 2.45) is 0 Å². The van der Waals surface area contributed by atoms with Crippen molar-refractivity contribution in [3.63, 3.8) is 0 Å². The van der Waals surface area contributed by atoms with Gasteiger partial charge < -0.3 is 10.4 Å². The first kappa shape index (κ1) is 21.6. The minimum atomic E-state index is -4.70. The van der Waals surface area contributed by atoms with Crippen molar-refractivity contribution < 1.29 is 32.7 Å². The van der Waals surface area contributed by atoms with Gasteiger partial charge in [-0.25, -0.2) is 5.06 Å². The summed E-state index contributed by atoms with van der Waals surface area (Å²) in [5.74, 6) is -1.02. The zero-order valence-corrected chi connectivity index (χ0v) is 14.2. The molecule has 6 nitrogen and oxygen atoms in total. The van der Waals surface area contributed by atoms with Gasteiger partial charge in [0.25, 0.3) is 5.91 Å². The van der Waals surface area contributed by atoms with Crippen LogP contribution >= 0.6 is 0 Å². The zero-order chi connectivity index (χ0) is 18.6. The molecule has 0 bridgehead atoms. The summed E-state index contributed by atoms with van der Waals surface area (Å²) in [5.41, 5.74) is -1.73. The smallest absolute Gasteiger partial charge is 0.381 e. The monoisotopic (exact) mass is 342 g/mol. The van der Waals surface area contributed by atoms with Crippen LogP contribution in [0.3, 0.4) is 0 Å². The third-order valence-electron chi connectivity index (χ3n) is 2.38. The van der Waals surface area contributed by atoms with Crippen molar-refractivity contribution in [1.82, 2.24) is 10.4 Å². The second-order valence-electron chi connectivity index (χ2n) is 7.24. The highest BCUT2D eigenvalue weighted by Crippen LogP contribution is 2.27. The van der Waals surface area contributed by atoms with E-state index in [0.29, 0.717) is 5.06 Å². The Labute approximate surface area is 133 Å². The zero-order valence-electron chi connectivity index (χ0n) is 14.2. The van der Waals surface area contributed by atoms with Gasteiger partial charge in [-0.2, -0.15) is 13.2 Å². The molecule has 0 aliphatic carbocycles. The topological polar surface area (TPSA) is 78.9 Å². The van der Waals surface area contributed by atoms with Gasteiger partial charge in [0, 0.05) is 5.54 Å². The number of hydrogen-bond donors (Lipinski definition) is 2. The molecule has 0 spiro atoms. The van der Waals surface area contributed by atoms with E-state index in [4.69, 9.17) is 4.84 Å². The first-order valence-electron chi connectivity index (χ1n) is 7.05. The SMILES string of the molecule is CC(C)(C)NC(=O)C(O)C(CC(F)(F)F)N(C=O)OC(C)(C)C. The van der Waals surface area contributed by atoms with E-state index in [1.807, 2.05) is 0 Å². The summed E-state index contributed by atoms with van der Waals surface area (Å²) in [6.07, 6.45) is -8.35. The Morgan fingerprint density at radius 2 is 1.70 bits per heavy atom. The van der Waals surface area contributed by atoms with Gasteiger partial charge in [0.1, 0.15) is 6.04 Å². The molecule has 0 saturated heterocycles. The largest absolute Gasteiger partial charge is 0.391 e. The van der Waals surface area contributed by atoms with Gasteiger partial charge >= 0.3 is 6.18 Å². The maximum Gasteiger partial charge on any atom is 0.391 e. The van der Waals surface area contributed by atoms with E-state index in [0.717, 1.165) is 0 Å². The number of halogens is 3. The Morgan fingerprint density at radius 1 is 1.22 bits per heavy atom. The van der Waals surface area contributed by atoms with Gasteiger partial charge in [-0.05, 0) is 41.5 Å². The van der Waals surface area contributed by atoms with Crippen LogP contribution in [0, 0.1) is 0 Å². The maximum absolute atomic E-state index is 12.8. The van der Waals surface area contributed by atoms with Crippen LogP contribution < -0.4 is 5.32 Å². The lowest BCUT2D eigenvalue weighted by Gasteiger charge is -2.36. The van der Waals surface area contributed by atoms with Crippen LogP contribution in [0.2, 0.25) is 0 Å². The van der Waals surface area contributed by atoms with Crippen LogP contribution in [0.5, 0.6) is 0 Å². The molecule has 2 amide bonds. The minimum Gasteiger partial charge on any atom is -0.381 e. The molecule has 0 rings (SSSR count). The Kier molecular flexibility index (Phi) is 7.04. The fourth-order valence-electron chi connectivity index (χ4n) is 1.68. The van der Waals surface area contributed by atoms with Crippen molar-refractivity contribution >= 4 is 12.3 Å². The van der Waals surface area contributed by atoms with Crippen LogP contribution in [-0.2, 0) is 14.4 Å². The van der Waals surface area contributed by atoms with E-state index in [1.54, 1.807) is 20.8 Å². The van der Waals surface area contributed by atoms with E-state index >= 15 is 0 Å². The molecule has 0 heterocycles. The molecule has 2 atom stereocenters. The molecular formula is C14H25F3N2O4. The lowest BCUT2D eigenvalue weighted by molar-refractivity contribution is -0.258. The van der Waals surface area contributed by atoms with E-state index in [1.165, 1.54) is 20.8 Å². The lowest BCUT2D eigenvalue weighted by atomic mass is 10.0. The number of nitrogens with zero attached hydrogens (tertiary/aromatic N) is 1. The van der Waals surface area contributed by atoms with Crippen LogP contribution in [0.15, 0.2) is 0 Å². The predicted molar refractivity (Wildman–Crippen MR) is 77.1 cm³/mol. The lowest BCUT2D eigenvalue weighted by Crippen LogP contribution is -2.56. The summed E-state index contributed by atoms with van der Waals surface area (Å²) < 4.78 is 38.3. The number of hydrogen-bond acceptors (Lipinski definition) is 4. The number of carbonyl (C=O) groups excluding carboxylic acids is 2. The van der Waals surface area contributed by atoms with Crippen molar-refractivity contribution in [2.75, 3.05) is 0 Å². The molecule has 0 fully saturated rings. The fourth-order valence-corrected chi connectivity index (χ4v) is 1.68. The molecule has 136 valence electrons. The molecule has 0 aromatic rings. The van der Waals surface area contributed by atoms with Crippen molar-refractivity contribution in [3.8, 4) is 0 Å². The number of aliphatic hydroxyl groups is 1. The summed E-state index contributed by atoms with van der Waals surface area (Å²) in [5, 5.41) is 12.7. The number of nitrogens with one attached hydrogen (secondary N) is 1. The Hall–Kier alpha value is -1.35. The van der Waals surface area contributed by atoms with E-state index < -0.39 is 41.8 Å². The van der Waals surface area contributed by atoms with Crippen molar-refractivity contribution in [3.05, 3.63) is 0 Å². The van der Waals surface area contributed by atoms with Gasteiger partial charge in [-0.3, -0.25) is 14.4 Å². The standard InChI is InChI=1S/C14H25F3N2O4/c1-12(2,3)18-11(22)10(21)9(7-14(15,16)17)19(8-20)23-13(4,5)6/h8-10,21H,7H2,1-6H3,(H,18,22). The number of hydroxylamine groups is 2. The van der Waals surface area contributed by atoms with E-state index in [-0.39, 0.29) is 6.41 Å². The number of carbonyl (C=O) groups is 2. The molecular weight excluding hydrogens is 317 g/mol. The number of amides is 2. The van der Waals surface area contributed by atoms with Crippen LogP contribution in [0.25, 0.3) is 0 Å². The van der Waals surface area contributed by atoms with Crippen molar-refractivity contribution in [1.29, 1.82) is 0 Å². The van der Waals surface area contributed by atoms with Gasteiger partial charge in [0.15, 0.2) is 6.10 Å². The molecule has 2 unspecified atom stereocenters. The summed E-state index contributed by atoms with van der Waals surface area (Å²) in [4.78, 5) is 28.2. The molecule has 0 saturated carbocycles. The Balaban J connectivity index is 5.42. The molecule has 9 heteroatoms. The molecule has 0 aromatic heterocycles. The normalized spacial score (nSPS) is 15.7. The molecule has 0 aliphatic rings. The van der Waals surface area contributed by atoms with E-state index in [2.05, 4.69) is 5.32 Å².